The predicted octanol–water partition coefficient (Wildman–Crippen LogP) is 4.53. The molecule has 1 heterocycles. The first kappa shape index (κ1) is 23.1. The lowest BCUT2D eigenvalue weighted by Gasteiger charge is -2.36. The first-order valence-corrected chi connectivity index (χ1v) is 11.3. The average molecular weight is 443 g/mol. The second-order valence-electron chi connectivity index (χ2n) is 8.32. The number of hydrogen-bond acceptors (Lipinski definition) is 3. The highest BCUT2D eigenvalue weighted by molar-refractivity contribution is 6.30. The van der Waals surface area contributed by atoms with Crippen LogP contribution in [0.1, 0.15) is 44.2 Å². The highest BCUT2D eigenvalue weighted by Crippen LogP contribution is 2.20. The molecule has 0 saturated carbocycles. The summed E-state index contributed by atoms with van der Waals surface area (Å²) in [6, 6.07) is 15.5. The van der Waals surface area contributed by atoms with Crippen LogP contribution in [0.15, 0.2) is 48.5 Å². The molecule has 2 aromatic carbocycles. The Hall–Kier alpha value is -2.53. The van der Waals surface area contributed by atoms with E-state index in [9.17, 15) is 9.59 Å². The van der Waals surface area contributed by atoms with Crippen molar-refractivity contribution in [1.82, 2.24) is 9.80 Å². The number of carbonyl (C=O) groups is 2. The first-order chi connectivity index (χ1) is 14.8. The lowest BCUT2D eigenvalue weighted by molar-refractivity contribution is -0.143. The van der Waals surface area contributed by atoms with Crippen LogP contribution < -0.4 is 4.74 Å². The third-order valence-corrected chi connectivity index (χ3v) is 5.94. The van der Waals surface area contributed by atoms with Gasteiger partial charge < -0.3 is 14.5 Å². The lowest BCUT2D eigenvalue weighted by atomic mass is 10.0. The number of carbonyl (C=O) groups excluding carboxylic acids is 2. The number of ether oxygens (including phenoxy) is 1. The van der Waals surface area contributed by atoms with Gasteiger partial charge in [0.05, 0.1) is 0 Å². The van der Waals surface area contributed by atoms with E-state index in [1.165, 1.54) is 5.56 Å². The summed E-state index contributed by atoms with van der Waals surface area (Å²) in [4.78, 5) is 28.9. The molecule has 0 aliphatic carbocycles. The summed E-state index contributed by atoms with van der Waals surface area (Å²) in [6.07, 6.45) is 0.592. The zero-order valence-electron chi connectivity index (χ0n) is 18.5. The fourth-order valence-corrected chi connectivity index (χ4v) is 3.81. The second-order valence-corrected chi connectivity index (χ2v) is 8.75. The van der Waals surface area contributed by atoms with Gasteiger partial charge in [-0.05, 0) is 54.7 Å². The van der Waals surface area contributed by atoms with Gasteiger partial charge in [-0.25, -0.2) is 0 Å². The topological polar surface area (TPSA) is 49.9 Å². The van der Waals surface area contributed by atoms with Gasteiger partial charge in [0.2, 0.25) is 5.91 Å². The van der Waals surface area contributed by atoms with Crippen molar-refractivity contribution in [3.05, 3.63) is 64.7 Å². The van der Waals surface area contributed by atoms with Crippen LogP contribution in [-0.4, -0.2) is 53.9 Å². The van der Waals surface area contributed by atoms with Crippen LogP contribution in [0, 0.1) is 0 Å². The van der Waals surface area contributed by atoms with Crippen LogP contribution in [-0.2, 0) is 16.0 Å². The molecule has 1 fully saturated rings. The van der Waals surface area contributed by atoms with E-state index in [-0.39, 0.29) is 11.8 Å². The number of benzene rings is 2. The number of rotatable bonds is 7. The summed E-state index contributed by atoms with van der Waals surface area (Å²) < 4.78 is 5.85. The highest BCUT2D eigenvalue weighted by Gasteiger charge is 2.27. The molecule has 0 N–H and O–H groups in total. The smallest absolute Gasteiger partial charge is 0.263 e. The van der Waals surface area contributed by atoms with Gasteiger partial charge in [0.15, 0.2) is 6.10 Å². The van der Waals surface area contributed by atoms with Crippen LogP contribution in [0.2, 0.25) is 5.02 Å². The maximum atomic E-state index is 12.8. The van der Waals surface area contributed by atoms with Crippen molar-refractivity contribution in [2.24, 2.45) is 0 Å². The zero-order chi connectivity index (χ0) is 22.4. The summed E-state index contributed by atoms with van der Waals surface area (Å²) in [5, 5.41) is 0.696. The Balaban J connectivity index is 1.44. The predicted molar refractivity (Wildman–Crippen MR) is 124 cm³/mol. The highest BCUT2D eigenvalue weighted by atomic mass is 35.5. The van der Waals surface area contributed by atoms with E-state index >= 15 is 0 Å². The molecule has 1 aliphatic heterocycles. The van der Waals surface area contributed by atoms with Crippen LogP contribution >= 0.6 is 11.6 Å². The van der Waals surface area contributed by atoms with Gasteiger partial charge in [-0.1, -0.05) is 49.7 Å². The van der Waals surface area contributed by atoms with Gasteiger partial charge in [0.25, 0.3) is 5.91 Å². The quantitative estimate of drug-likeness (QED) is 0.632. The number of amides is 2. The van der Waals surface area contributed by atoms with Crippen molar-refractivity contribution in [3.63, 3.8) is 0 Å². The van der Waals surface area contributed by atoms with E-state index in [2.05, 4.69) is 13.8 Å². The standard InChI is InChI=1S/C25H31ClN2O3/c1-18(2)21-7-11-23(12-8-21)31-19(3)25(30)28-16-14-27(15-17-28)24(29)13-6-20-4-9-22(26)10-5-20/h4-5,7-12,18-19H,6,13-17H2,1-3H3. The minimum atomic E-state index is -0.558. The van der Waals surface area contributed by atoms with E-state index in [1.807, 2.05) is 53.4 Å². The normalized spacial score (nSPS) is 15.1. The van der Waals surface area contributed by atoms with Gasteiger partial charge in [0, 0.05) is 37.6 Å². The minimum Gasteiger partial charge on any atom is -0.481 e. The van der Waals surface area contributed by atoms with Gasteiger partial charge >= 0.3 is 0 Å². The molecule has 3 rings (SSSR count). The molecule has 2 amide bonds. The monoisotopic (exact) mass is 442 g/mol. The van der Waals surface area contributed by atoms with E-state index in [1.54, 1.807) is 11.8 Å². The Labute approximate surface area is 189 Å². The number of hydrogen-bond donors (Lipinski definition) is 0. The Morgan fingerprint density at radius 1 is 0.903 bits per heavy atom. The van der Waals surface area contributed by atoms with E-state index in [0.717, 1.165) is 5.56 Å². The van der Waals surface area contributed by atoms with Gasteiger partial charge in [-0.3, -0.25) is 9.59 Å². The fourth-order valence-electron chi connectivity index (χ4n) is 3.68. The molecule has 166 valence electrons. The summed E-state index contributed by atoms with van der Waals surface area (Å²) >= 11 is 5.90. The van der Waals surface area contributed by atoms with Crippen molar-refractivity contribution in [2.45, 2.75) is 45.6 Å². The van der Waals surface area contributed by atoms with E-state index in [4.69, 9.17) is 16.3 Å². The summed E-state index contributed by atoms with van der Waals surface area (Å²) in [5.41, 5.74) is 2.34. The molecular formula is C25H31ClN2O3. The minimum absolute atomic E-state index is 0.0406. The Kier molecular flexibility index (Phi) is 7.97. The van der Waals surface area contributed by atoms with Crippen molar-refractivity contribution in [3.8, 4) is 5.75 Å². The molecule has 31 heavy (non-hydrogen) atoms. The van der Waals surface area contributed by atoms with Gasteiger partial charge in [0.1, 0.15) is 5.75 Å². The molecular weight excluding hydrogens is 412 g/mol. The second kappa shape index (κ2) is 10.7. The van der Waals surface area contributed by atoms with Gasteiger partial charge in [-0.2, -0.15) is 0 Å². The molecule has 1 aliphatic rings. The molecule has 0 bridgehead atoms. The SMILES string of the molecule is CC(Oc1ccc(C(C)C)cc1)C(=O)N1CCN(C(=O)CCc2ccc(Cl)cc2)CC1. The molecule has 0 radical (unpaired) electrons. The first-order valence-electron chi connectivity index (χ1n) is 10.9. The molecule has 6 heteroatoms. The zero-order valence-corrected chi connectivity index (χ0v) is 19.3. The molecule has 2 aromatic rings. The van der Waals surface area contributed by atoms with Crippen LogP contribution in [0.25, 0.3) is 0 Å². The maximum Gasteiger partial charge on any atom is 0.263 e. The van der Waals surface area contributed by atoms with Crippen molar-refractivity contribution in [2.75, 3.05) is 26.2 Å². The Morgan fingerprint density at radius 3 is 2.06 bits per heavy atom. The van der Waals surface area contributed by atoms with Crippen LogP contribution in [0.5, 0.6) is 5.75 Å². The Morgan fingerprint density at radius 2 is 1.48 bits per heavy atom. The lowest BCUT2D eigenvalue weighted by Crippen LogP contribution is -2.53. The molecule has 5 nitrogen and oxygen atoms in total. The van der Waals surface area contributed by atoms with Crippen LogP contribution in [0.4, 0.5) is 0 Å². The van der Waals surface area contributed by atoms with Gasteiger partial charge in [-0.15, -0.1) is 0 Å². The molecule has 1 unspecified atom stereocenters. The largest absolute Gasteiger partial charge is 0.481 e. The van der Waals surface area contributed by atoms with Crippen molar-refractivity contribution < 1.29 is 14.3 Å². The van der Waals surface area contributed by atoms with E-state index in [0.29, 0.717) is 55.7 Å². The van der Waals surface area contributed by atoms with E-state index < -0.39 is 6.10 Å². The number of halogens is 1. The Bertz CT molecular complexity index is 873. The summed E-state index contributed by atoms with van der Waals surface area (Å²) in [5.74, 6) is 1.23. The molecule has 1 atom stereocenters. The third-order valence-electron chi connectivity index (χ3n) is 5.69. The molecule has 0 aromatic heterocycles. The third kappa shape index (κ3) is 6.47. The maximum absolute atomic E-state index is 12.8. The summed E-state index contributed by atoms with van der Waals surface area (Å²) in [7, 11) is 0. The number of nitrogens with zero attached hydrogens (tertiary/aromatic N) is 2. The van der Waals surface area contributed by atoms with Crippen molar-refractivity contribution in [1.29, 1.82) is 0 Å². The number of aryl methyl sites for hydroxylation is 1. The molecule has 0 spiro atoms. The van der Waals surface area contributed by atoms with Crippen molar-refractivity contribution >= 4 is 23.4 Å². The average Bonchev–Trinajstić information content (AvgIpc) is 2.78. The fraction of sp³-hybridized carbons (Fsp3) is 0.440. The number of piperazine rings is 1. The summed E-state index contributed by atoms with van der Waals surface area (Å²) in [6.45, 7) is 8.25. The van der Waals surface area contributed by atoms with Crippen LogP contribution in [0.3, 0.4) is 0 Å². The molecule has 1 saturated heterocycles.